The average Bonchev–Trinajstić information content (AvgIpc) is 2.65. The van der Waals surface area contributed by atoms with Gasteiger partial charge in [0.05, 0.1) is 0 Å². The van der Waals surface area contributed by atoms with E-state index in [1.165, 1.54) is 0 Å². The van der Waals surface area contributed by atoms with Crippen LogP contribution in [-0.2, 0) is 7.56 Å². The first kappa shape index (κ1) is 30.8. The van der Waals surface area contributed by atoms with Gasteiger partial charge >= 0.3 is 198 Å². The number of hydrogen-bond donors (Lipinski definition) is 0. The number of hydrogen-bond acceptors (Lipinski definition) is 5. The molecule has 0 aliphatic heterocycles. The third-order valence-electron chi connectivity index (χ3n) is 5.73. The van der Waals surface area contributed by atoms with Crippen molar-refractivity contribution in [1.29, 1.82) is 0 Å². The van der Waals surface area contributed by atoms with E-state index in [1.807, 2.05) is 0 Å². The zero-order chi connectivity index (χ0) is 23.2. The van der Waals surface area contributed by atoms with Crippen LogP contribution < -0.4 is 5.11 Å². The van der Waals surface area contributed by atoms with Crippen molar-refractivity contribution in [1.82, 2.24) is 0 Å². The molecule has 0 bridgehead atoms. The van der Waals surface area contributed by atoms with Gasteiger partial charge in [0.1, 0.15) is 0 Å². The molecule has 180 valence electrons. The van der Waals surface area contributed by atoms with E-state index in [4.69, 9.17) is 7.56 Å². The Bertz CT molecular complexity index is 451. The Morgan fingerprint density at radius 2 is 1.33 bits per heavy atom. The van der Waals surface area contributed by atoms with Gasteiger partial charge in [0.25, 0.3) is 0 Å². The predicted octanol–water partition coefficient (Wildman–Crippen LogP) is 6.90. The summed E-state index contributed by atoms with van der Waals surface area (Å²) in [6, 6.07) is 0. The van der Waals surface area contributed by atoms with Crippen LogP contribution in [0, 0.1) is 5.92 Å². The molecule has 0 fully saturated rings. The fraction of sp³-hybridized carbons (Fsp3) is 0.957. The van der Waals surface area contributed by atoms with Crippen LogP contribution in [0.4, 0.5) is 4.79 Å². The maximum absolute atomic E-state index is 11.7. The molecular weight excluding hydrogens is 594 g/mol. The second-order valence-electron chi connectivity index (χ2n) is 9.29. The van der Waals surface area contributed by atoms with Gasteiger partial charge in [0.2, 0.25) is 0 Å². The predicted molar refractivity (Wildman–Crippen MR) is 128 cm³/mol. The first-order valence-corrected chi connectivity index (χ1v) is 24.8. The van der Waals surface area contributed by atoms with E-state index in [0.29, 0.717) is 9.85 Å². The fourth-order valence-corrected chi connectivity index (χ4v) is 49.1. The van der Waals surface area contributed by atoms with Crippen LogP contribution in [-0.4, -0.2) is 50.7 Å². The van der Waals surface area contributed by atoms with Gasteiger partial charge in [-0.2, -0.15) is 0 Å². The van der Waals surface area contributed by atoms with Gasteiger partial charge in [0, 0.05) is 0 Å². The van der Waals surface area contributed by atoms with Crippen molar-refractivity contribution in [3.8, 4) is 0 Å². The average molecular weight is 643 g/mol. The Kier molecular flexibility index (Phi) is 16.8. The number of carbonyl (C=O) groups excluding carboxylic acids is 1. The minimum atomic E-state index is -3.93. The Morgan fingerprint density at radius 3 is 1.70 bits per heavy atom. The second kappa shape index (κ2) is 16.4. The van der Waals surface area contributed by atoms with Crippen LogP contribution in [0.1, 0.15) is 107 Å². The second-order valence-corrected chi connectivity index (χ2v) is 31.3. The summed E-state index contributed by atoms with van der Waals surface area (Å²) in [4.78, 5) is 11.7. The van der Waals surface area contributed by atoms with Gasteiger partial charge in [-0.1, -0.05) is 0 Å². The minimum absolute atomic E-state index is 0.0834. The zero-order valence-electron chi connectivity index (χ0n) is 21.1. The van der Waals surface area contributed by atoms with Gasteiger partial charge in [0.15, 0.2) is 0 Å². The number of carbonyl (C=O) groups is 1. The van der Waals surface area contributed by atoms with Crippen LogP contribution in [0.3, 0.4) is 0 Å². The third kappa shape index (κ3) is 11.1. The molecule has 0 aliphatic rings. The third-order valence-corrected chi connectivity index (χ3v) is 40.9. The summed E-state index contributed by atoms with van der Waals surface area (Å²) >= 11 is -7.64. The molecule has 0 aromatic heterocycles. The van der Waals surface area contributed by atoms with Crippen molar-refractivity contribution in [3.63, 3.8) is 0 Å². The summed E-state index contributed by atoms with van der Waals surface area (Å²) in [5, 5.41) is 11.7. The molecule has 7 heteroatoms. The molecule has 2 atom stereocenters. The quantitative estimate of drug-likeness (QED) is 0.152. The van der Waals surface area contributed by atoms with Crippen molar-refractivity contribution in [2.45, 2.75) is 130 Å². The molecule has 0 radical (unpaired) electrons. The molecule has 0 aliphatic carbocycles. The van der Waals surface area contributed by atoms with Crippen LogP contribution in [0.2, 0.25) is 17.2 Å². The van der Waals surface area contributed by atoms with E-state index >= 15 is 0 Å². The van der Waals surface area contributed by atoms with Crippen LogP contribution in [0.15, 0.2) is 0 Å². The van der Waals surface area contributed by atoms with Crippen LogP contribution in [0.5, 0.6) is 0 Å². The Labute approximate surface area is 196 Å². The van der Waals surface area contributed by atoms with Gasteiger partial charge in [-0.15, -0.1) is 0 Å². The Morgan fingerprint density at radius 1 is 0.833 bits per heavy atom. The SMILES string of the molecule is CCC[CH2][Sn]([CH2]CCC)([O]C(=O)[O-])[O][Sn]([CH2]CCC)([O]C(C)C)[CH](CCC)C(C)C. The first-order chi connectivity index (χ1) is 14.1. The standard InChI is InChI=1S/C7H15.3C4H9.C3H7O.CH2O3.O.2Sn/c1-4-5-6-7(2)3;3*1-3-4-2;1-3(2)4;2-1(3)4;;;/h6-7H,4-5H2,1-3H3;3*1,3-4H2,2H3;3H,1-2H3;(H2,2,3,4);;;/q;;;;-1;;;2*+1/p-2. The maximum atomic E-state index is 11.7. The van der Waals surface area contributed by atoms with Gasteiger partial charge in [-0.3, -0.25) is 0 Å². The summed E-state index contributed by atoms with van der Waals surface area (Å²) in [6.45, 7) is 17.5. The van der Waals surface area contributed by atoms with E-state index < -0.39 is 44.6 Å². The van der Waals surface area contributed by atoms with Crippen molar-refractivity contribution in [3.05, 3.63) is 0 Å². The van der Waals surface area contributed by atoms with Crippen molar-refractivity contribution in [2.24, 2.45) is 5.92 Å². The molecule has 0 rings (SSSR count). The molecule has 0 saturated heterocycles. The molecule has 0 amide bonds. The molecule has 30 heavy (non-hydrogen) atoms. The number of rotatable bonds is 18. The van der Waals surface area contributed by atoms with E-state index in [0.717, 1.165) is 64.7 Å². The van der Waals surface area contributed by atoms with E-state index in [-0.39, 0.29) is 6.10 Å². The normalized spacial score (nSPS) is 15.4. The molecule has 0 aromatic rings. The molecule has 0 heterocycles. The first-order valence-electron chi connectivity index (χ1n) is 12.4. The molecule has 0 aromatic carbocycles. The zero-order valence-corrected chi connectivity index (χ0v) is 26.8. The van der Waals surface area contributed by atoms with Crippen molar-refractivity contribution >= 4 is 44.6 Å². The van der Waals surface area contributed by atoms with E-state index in [9.17, 15) is 9.90 Å². The Hall–Kier alpha value is 0.787. The topological polar surface area (TPSA) is 67.8 Å². The van der Waals surface area contributed by atoms with Crippen molar-refractivity contribution in [2.75, 3.05) is 0 Å². The molecular formula is C23H49O5Sn2-. The van der Waals surface area contributed by atoms with Crippen molar-refractivity contribution < 1.29 is 17.5 Å². The van der Waals surface area contributed by atoms with Crippen LogP contribution >= 0.6 is 0 Å². The summed E-state index contributed by atoms with van der Waals surface area (Å²) in [7, 11) is 0. The molecule has 0 spiro atoms. The molecule has 2 unspecified atom stereocenters. The summed E-state index contributed by atoms with van der Waals surface area (Å²) < 4.78 is 22.8. The fourth-order valence-electron chi connectivity index (χ4n) is 4.39. The number of unbranched alkanes of at least 4 members (excludes halogenated alkanes) is 3. The number of carboxylic acid groups (broad SMARTS) is 1. The summed E-state index contributed by atoms with van der Waals surface area (Å²) in [5.41, 5.74) is 0. The van der Waals surface area contributed by atoms with Gasteiger partial charge < -0.3 is 0 Å². The molecule has 0 N–H and O–H groups in total. The molecule has 0 saturated carbocycles. The van der Waals surface area contributed by atoms with Gasteiger partial charge in [-0.25, -0.2) is 0 Å². The van der Waals surface area contributed by atoms with E-state index in [2.05, 4.69) is 55.4 Å². The Balaban J connectivity index is 6.43. The summed E-state index contributed by atoms with van der Waals surface area (Å²) in [5.74, 6) is 0.459. The molecule has 5 nitrogen and oxygen atoms in total. The van der Waals surface area contributed by atoms with Crippen LogP contribution in [0.25, 0.3) is 0 Å². The summed E-state index contributed by atoms with van der Waals surface area (Å²) in [6.07, 6.45) is 6.94. The monoisotopic (exact) mass is 645 g/mol. The van der Waals surface area contributed by atoms with E-state index in [1.54, 1.807) is 0 Å². The van der Waals surface area contributed by atoms with Gasteiger partial charge in [-0.05, 0) is 0 Å².